The van der Waals surface area contributed by atoms with Crippen molar-refractivity contribution in [3.05, 3.63) is 24.2 Å². The van der Waals surface area contributed by atoms with Crippen LogP contribution in [-0.2, 0) is 6.42 Å². The number of nitrogens with zero attached hydrogens (tertiary/aromatic N) is 3. The molecule has 1 aliphatic rings. The largest absolute Gasteiger partial charge is 0.469 e. The van der Waals surface area contributed by atoms with Crippen LogP contribution in [0.1, 0.15) is 12.2 Å². The number of aliphatic imine (C=N–C) groups is 1. The maximum Gasteiger partial charge on any atom is 0.191 e. The van der Waals surface area contributed by atoms with E-state index in [1.807, 2.05) is 19.2 Å². The number of hydrogen-bond acceptors (Lipinski definition) is 4. The van der Waals surface area contributed by atoms with Gasteiger partial charge >= 0.3 is 0 Å². The normalized spacial score (nSPS) is 18.2. The molecule has 0 aliphatic carbocycles. The van der Waals surface area contributed by atoms with Gasteiger partial charge in [-0.1, -0.05) is 0 Å². The Morgan fingerprint density at radius 1 is 1.23 bits per heavy atom. The third-order valence-corrected chi connectivity index (χ3v) is 4.00. The van der Waals surface area contributed by atoms with E-state index in [4.69, 9.17) is 4.42 Å². The molecule has 0 bridgehead atoms. The summed E-state index contributed by atoms with van der Waals surface area (Å²) in [6.45, 7) is 7.52. The van der Waals surface area contributed by atoms with Crippen molar-refractivity contribution in [2.24, 2.45) is 4.99 Å². The lowest BCUT2D eigenvalue weighted by Crippen LogP contribution is -2.42. The topological polar surface area (TPSA) is 56.0 Å². The molecular weight excluding hydrogens is 278 g/mol. The number of likely N-dealkylation sites (N-methyl/N-ethyl adjacent to an activating group) is 1. The summed E-state index contributed by atoms with van der Waals surface area (Å²) >= 11 is 0. The molecule has 2 rings (SSSR count). The van der Waals surface area contributed by atoms with E-state index in [9.17, 15) is 0 Å². The molecule has 0 saturated carbocycles. The Morgan fingerprint density at radius 2 is 2.09 bits per heavy atom. The van der Waals surface area contributed by atoms with Crippen molar-refractivity contribution in [1.29, 1.82) is 0 Å². The fourth-order valence-corrected chi connectivity index (χ4v) is 2.64. The van der Waals surface area contributed by atoms with Crippen LogP contribution >= 0.6 is 0 Å². The monoisotopic (exact) mass is 307 g/mol. The molecule has 0 aromatic carbocycles. The standard InChI is InChI=1S/C16H29N5O/c1-17-16(18-7-6-15-5-3-14-22-15)19-8-11-21-10-4-9-20(2)12-13-21/h3,5,14H,4,6-13H2,1-2H3,(H2,17,18,19). The first-order valence-electron chi connectivity index (χ1n) is 8.16. The molecule has 0 radical (unpaired) electrons. The molecule has 6 heteroatoms. The van der Waals surface area contributed by atoms with Gasteiger partial charge in [-0.25, -0.2) is 0 Å². The van der Waals surface area contributed by atoms with Crippen molar-refractivity contribution < 1.29 is 4.42 Å². The van der Waals surface area contributed by atoms with E-state index in [0.29, 0.717) is 0 Å². The second-order valence-corrected chi connectivity index (χ2v) is 5.75. The molecule has 0 atom stereocenters. The quantitative estimate of drug-likeness (QED) is 0.596. The number of hydrogen-bond donors (Lipinski definition) is 2. The Labute approximate surface area is 133 Å². The van der Waals surface area contributed by atoms with Crippen LogP contribution in [0.4, 0.5) is 0 Å². The molecular formula is C16H29N5O. The maximum absolute atomic E-state index is 5.32. The zero-order valence-electron chi connectivity index (χ0n) is 13.8. The van der Waals surface area contributed by atoms with Crippen molar-refractivity contribution in [3.8, 4) is 0 Å². The van der Waals surface area contributed by atoms with Gasteiger partial charge in [0.2, 0.25) is 0 Å². The maximum atomic E-state index is 5.32. The van der Waals surface area contributed by atoms with Gasteiger partial charge in [-0.3, -0.25) is 4.99 Å². The van der Waals surface area contributed by atoms with Crippen LogP contribution in [0.3, 0.4) is 0 Å². The zero-order valence-corrected chi connectivity index (χ0v) is 13.8. The fraction of sp³-hybridized carbons (Fsp3) is 0.688. The lowest BCUT2D eigenvalue weighted by molar-refractivity contribution is 0.280. The molecule has 0 spiro atoms. The lowest BCUT2D eigenvalue weighted by atomic mass is 10.3. The third kappa shape index (κ3) is 6.07. The molecule has 0 unspecified atom stereocenters. The van der Waals surface area contributed by atoms with Gasteiger partial charge in [-0.15, -0.1) is 0 Å². The first-order valence-corrected chi connectivity index (χ1v) is 8.16. The fourth-order valence-electron chi connectivity index (χ4n) is 2.64. The SMILES string of the molecule is CN=C(NCCc1ccco1)NCCN1CCCN(C)CC1. The van der Waals surface area contributed by atoms with Gasteiger partial charge in [0.1, 0.15) is 5.76 Å². The molecule has 2 N–H and O–H groups in total. The molecule has 0 amide bonds. The van der Waals surface area contributed by atoms with E-state index in [0.717, 1.165) is 50.9 Å². The highest BCUT2D eigenvalue weighted by Crippen LogP contribution is 2.00. The Morgan fingerprint density at radius 3 is 2.86 bits per heavy atom. The van der Waals surface area contributed by atoms with E-state index in [1.165, 1.54) is 19.5 Å². The molecule has 6 nitrogen and oxygen atoms in total. The van der Waals surface area contributed by atoms with Gasteiger partial charge in [-0.05, 0) is 38.7 Å². The average molecular weight is 307 g/mol. The number of nitrogens with one attached hydrogen (secondary N) is 2. The molecule has 22 heavy (non-hydrogen) atoms. The second-order valence-electron chi connectivity index (χ2n) is 5.75. The predicted molar refractivity (Wildman–Crippen MR) is 90.3 cm³/mol. The van der Waals surface area contributed by atoms with E-state index in [-0.39, 0.29) is 0 Å². The van der Waals surface area contributed by atoms with Gasteiger partial charge < -0.3 is 24.9 Å². The van der Waals surface area contributed by atoms with Gasteiger partial charge in [0.15, 0.2) is 5.96 Å². The second kappa shape index (κ2) is 9.48. The molecule has 124 valence electrons. The van der Waals surface area contributed by atoms with E-state index in [1.54, 1.807) is 6.26 Å². The zero-order chi connectivity index (χ0) is 15.6. The predicted octanol–water partition coefficient (Wildman–Crippen LogP) is 0.625. The summed E-state index contributed by atoms with van der Waals surface area (Å²) in [6, 6.07) is 3.91. The van der Waals surface area contributed by atoms with Crippen LogP contribution in [0.2, 0.25) is 0 Å². The van der Waals surface area contributed by atoms with Crippen molar-refractivity contribution in [2.75, 3.05) is 59.9 Å². The van der Waals surface area contributed by atoms with Crippen molar-refractivity contribution in [1.82, 2.24) is 20.4 Å². The highest BCUT2D eigenvalue weighted by Gasteiger charge is 2.11. The molecule has 1 aliphatic heterocycles. The molecule has 1 aromatic rings. The summed E-state index contributed by atoms with van der Waals surface area (Å²) < 4.78 is 5.32. The lowest BCUT2D eigenvalue weighted by Gasteiger charge is -2.21. The Hall–Kier alpha value is -1.53. The van der Waals surface area contributed by atoms with Crippen LogP contribution in [0.25, 0.3) is 0 Å². The first kappa shape index (κ1) is 16.8. The van der Waals surface area contributed by atoms with E-state index >= 15 is 0 Å². The summed E-state index contributed by atoms with van der Waals surface area (Å²) in [5, 5.41) is 6.70. The Balaban J connectivity index is 1.59. The molecule has 1 aromatic heterocycles. The highest BCUT2D eigenvalue weighted by molar-refractivity contribution is 5.79. The molecule has 2 heterocycles. The Bertz CT molecular complexity index is 432. The number of guanidine groups is 1. The van der Waals surface area contributed by atoms with Gasteiger partial charge in [-0.2, -0.15) is 0 Å². The minimum atomic E-state index is 0.821. The summed E-state index contributed by atoms with van der Waals surface area (Å²) in [4.78, 5) is 9.18. The van der Waals surface area contributed by atoms with Crippen molar-refractivity contribution in [2.45, 2.75) is 12.8 Å². The van der Waals surface area contributed by atoms with Crippen LogP contribution < -0.4 is 10.6 Å². The highest BCUT2D eigenvalue weighted by atomic mass is 16.3. The van der Waals surface area contributed by atoms with Gasteiger partial charge in [0.25, 0.3) is 0 Å². The molecule has 1 saturated heterocycles. The number of rotatable bonds is 6. The van der Waals surface area contributed by atoms with Crippen LogP contribution in [-0.4, -0.2) is 75.7 Å². The van der Waals surface area contributed by atoms with Gasteiger partial charge in [0, 0.05) is 46.2 Å². The van der Waals surface area contributed by atoms with Crippen LogP contribution in [0.5, 0.6) is 0 Å². The van der Waals surface area contributed by atoms with E-state index in [2.05, 4.69) is 32.5 Å². The van der Waals surface area contributed by atoms with E-state index < -0.39 is 0 Å². The summed E-state index contributed by atoms with van der Waals surface area (Å²) in [7, 11) is 4.01. The minimum absolute atomic E-state index is 0.821. The van der Waals surface area contributed by atoms with Crippen molar-refractivity contribution in [3.63, 3.8) is 0 Å². The smallest absolute Gasteiger partial charge is 0.191 e. The Kier molecular flexibility index (Phi) is 7.25. The third-order valence-electron chi connectivity index (χ3n) is 4.00. The summed E-state index contributed by atoms with van der Waals surface area (Å²) in [5.41, 5.74) is 0. The average Bonchev–Trinajstić information content (AvgIpc) is 2.95. The minimum Gasteiger partial charge on any atom is -0.469 e. The molecule has 1 fully saturated rings. The summed E-state index contributed by atoms with van der Waals surface area (Å²) in [6.07, 6.45) is 3.83. The number of furan rings is 1. The van der Waals surface area contributed by atoms with Gasteiger partial charge in [0.05, 0.1) is 6.26 Å². The van der Waals surface area contributed by atoms with Crippen LogP contribution in [0, 0.1) is 0 Å². The van der Waals surface area contributed by atoms with Crippen LogP contribution in [0.15, 0.2) is 27.8 Å². The van der Waals surface area contributed by atoms with Crippen molar-refractivity contribution >= 4 is 5.96 Å². The summed E-state index contributed by atoms with van der Waals surface area (Å²) in [5.74, 6) is 1.86. The first-order chi connectivity index (χ1) is 10.8.